The zero-order chi connectivity index (χ0) is 66.8. The van der Waals surface area contributed by atoms with Gasteiger partial charge in [-0.05, 0) is 116 Å². The summed E-state index contributed by atoms with van der Waals surface area (Å²) in [6.07, 6.45) is 0.961. The fourth-order valence-corrected chi connectivity index (χ4v) is 16.4. The first-order valence-corrected chi connectivity index (χ1v) is 34.7. The Morgan fingerprint density at radius 2 is 0.554 bits per heavy atom. The van der Waals surface area contributed by atoms with Gasteiger partial charge in [-0.1, -0.05) is 280 Å². The monoisotopic (exact) mass is 1290 g/mol. The first kappa shape index (κ1) is 57.9. The van der Waals surface area contributed by atoms with Gasteiger partial charge in [0.1, 0.15) is 23.3 Å². The highest BCUT2D eigenvalue weighted by Gasteiger charge is 2.24. The van der Waals surface area contributed by atoms with Crippen molar-refractivity contribution in [2.24, 2.45) is 0 Å². The fourth-order valence-electron chi connectivity index (χ4n) is 16.4. The van der Waals surface area contributed by atoms with E-state index in [2.05, 4.69) is 358 Å². The largest absolute Gasteiger partial charge is 0.295 e. The zero-order valence-electron chi connectivity index (χ0n) is 55.5. The van der Waals surface area contributed by atoms with Gasteiger partial charge in [-0.2, -0.15) is 0 Å². The number of aryl methyl sites for hydroxylation is 2. The molecule has 15 aromatic carbocycles. The lowest BCUT2D eigenvalue weighted by molar-refractivity contribution is 0.961. The van der Waals surface area contributed by atoms with E-state index in [1.54, 1.807) is 0 Å². The molecule has 0 fully saturated rings. The minimum atomic E-state index is 0.961. The second-order valence-corrected chi connectivity index (χ2v) is 26.2. The van der Waals surface area contributed by atoms with Crippen LogP contribution in [0.4, 0.5) is 0 Å². The molecule has 0 N–H and O–H groups in total. The minimum Gasteiger partial charge on any atom is -0.295 e. The van der Waals surface area contributed by atoms with E-state index in [0.29, 0.717) is 0 Å². The molecule has 101 heavy (non-hydrogen) atoms. The van der Waals surface area contributed by atoms with Crippen LogP contribution in [0, 0.1) is 6.92 Å². The third kappa shape index (κ3) is 9.01. The zero-order valence-corrected chi connectivity index (χ0v) is 55.5. The Hall–Kier alpha value is -13.3. The Labute approximate surface area is 580 Å². The van der Waals surface area contributed by atoms with Gasteiger partial charge in [-0.3, -0.25) is 17.6 Å². The lowest BCUT2D eigenvalue weighted by Crippen LogP contribution is -1.91. The third-order valence-electron chi connectivity index (χ3n) is 20.6. The summed E-state index contributed by atoms with van der Waals surface area (Å²) >= 11 is 0. The number of rotatable bonds is 6. The molecule has 0 spiro atoms. The Bertz CT molecular complexity index is 6990. The van der Waals surface area contributed by atoms with E-state index in [1.807, 2.05) is 6.07 Å². The summed E-state index contributed by atoms with van der Waals surface area (Å²) in [6, 6.07) is 116. The van der Waals surface area contributed by atoms with Gasteiger partial charge in [0.05, 0.1) is 66.2 Å². The molecule has 0 aliphatic rings. The van der Waals surface area contributed by atoms with E-state index in [0.717, 1.165) is 62.9 Å². The summed E-state index contributed by atoms with van der Waals surface area (Å²) in [7, 11) is 0. The summed E-state index contributed by atoms with van der Waals surface area (Å²) in [5, 5.41) is 15.3. The van der Waals surface area contributed by atoms with Crippen molar-refractivity contribution in [3.63, 3.8) is 0 Å². The van der Waals surface area contributed by atoms with Crippen molar-refractivity contribution in [3.8, 4) is 56.2 Å². The van der Waals surface area contributed by atoms with Crippen LogP contribution in [0.3, 0.4) is 0 Å². The summed E-state index contributed by atoms with van der Waals surface area (Å²) in [4.78, 5) is 19.4. The molecule has 8 heteroatoms. The lowest BCUT2D eigenvalue weighted by Gasteiger charge is -2.18. The SMILES string of the molecule is CCc1nc2cccc3c4ccccc4n1c23.Cc1nc2cccc3c4ccccc4n1c23.c1ccc(-c2ccc(-c3c4ccccc4c(-c4cc5nc(-c6ccccc6)n6c7ccccc7c(c4)c56)c4ccccc34)cc2)cc1.c1ccc(-c2nc3cccc4c5ccccc5n2c34)cc1. The molecule has 0 saturated carbocycles. The van der Waals surface area contributed by atoms with Crippen LogP contribution in [0.25, 0.3) is 187 Å². The highest BCUT2D eigenvalue weighted by atomic mass is 15.1. The normalized spacial score (nSPS) is 11.9. The molecule has 0 amide bonds. The Kier molecular flexibility index (Phi) is 13.3. The summed E-state index contributed by atoms with van der Waals surface area (Å²) in [5.41, 5.74) is 23.8. The molecule has 8 heterocycles. The van der Waals surface area contributed by atoms with Gasteiger partial charge in [0, 0.05) is 60.6 Å². The van der Waals surface area contributed by atoms with Crippen LogP contribution in [0.2, 0.25) is 0 Å². The van der Waals surface area contributed by atoms with Crippen LogP contribution >= 0.6 is 0 Å². The summed E-state index contributed by atoms with van der Waals surface area (Å²) in [6.45, 7) is 4.22. The minimum absolute atomic E-state index is 0.961. The van der Waals surface area contributed by atoms with Gasteiger partial charge < -0.3 is 0 Å². The molecule has 23 aromatic rings. The number of aromatic nitrogens is 8. The molecule has 0 aliphatic heterocycles. The predicted octanol–water partition coefficient (Wildman–Crippen LogP) is 23.8. The first-order chi connectivity index (χ1) is 50.0. The summed E-state index contributed by atoms with van der Waals surface area (Å²) in [5.74, 6) is 4.21. The topological polar surface area (TPSA) is 69.2 Å². The molecular formula is C93H62N8. The number of hydrogen-bond acceptors (Lipinski definition) is 4. The molecular weight excluding hydrogens is 1230 g/mol. The van der Waals surface area contributed by atoms with Crippen LogP contribution in [-0.2, 0) is 6.42 Å². The predicted molar refractivity (Wildman–Crippen MR) is 422 cm³/mol. The van der Waals surface area contributed by atoms with Gasteiger partial charge in [0.2, 0.25) is 0 Å². The number of para-hydroxylation sites is 7. The summed E-state index contributed by atoms with van der Waals surface area (Å²) < 4.78 is 9.19. The van der Waals surface area contributed by atoms with Crippen LogP contribution in [0.1, 0.15) is 18.6 Å². The molecule has 0 aliphatic carbocycles. The highest BCUT2D eigenvalue weighted by Crippen LogP contribution is 2.47. The molecule has 8 aromatic heterocycles. The Morgan fingerprint density at radius 1 is 0.228 bits per heavy atom. The van der Waals surface area contributed by atoms with Crippen molar-refractivity contribution in [2.75, 3.05) is 0 Å². The number of fused-ring (bicyclic) bond motifs is 14. The van der Waals surface area contributed by atoms with Crippen molar-refractivity contribution in [3.05, 3.63) is 339 Å². The van der Waals surface area contributed by atoms with Crippen molar-refractivity contribution >= 4 is 131 Å². The highest BCUT2D eigenvalue weighted by molar-refractivity contribution is 6.24. The first-order valence-electron chi connectivity index (χ1n) is 34.7. The molecule has 8 nitrogen and oxygen atoms in total. The van der Waals surface area contributed by atoms with Gasteiger partial charge in [-0.15, -0.1) is 0 Å². The molecule has 0 bridgehead atoms. The van der Waals surface area contributed by atoms with Crippen molar-refractivity contribution < 1.29 is 0 Å². The number of imidazole rings is 4. The van der Waals surface area contributed by atoms with Crippen molar-refractivity contribution in [2.45, 2.75) is 20.3 Å². The standard InChI is InChI=1S/C45H28N2.C19H12N2.C15H12N2.C14H10N2/c1-3-13-29(14-4-1)30-23-25-31(26-24-30)42-35-18-7-9-20-37(35)43(38-21-10-8-19-36(38)42)33-27-39-34-17-11-12-22-41(34)47-44(39)40(28-33)46-45(47)32-15-5-2-6-16-32;1-2-7-13(8-3-1)19-20-16-11-6-10-15-14-9-4-5-12-17(14)21(19)18(15)16;1-2-14-16-12-8-5-7-11-10-6-3-4-9-13(10)17(14)15(11)12;1-9-15-12-7-4-6-11-10-5-2-3-8-13(10)16(9)14(11)12/h1-28H;1-12H;3-9H,2H2,1H3;2-8H,1H3. The molecule has 23 rings (SSSR count). The van der Waals surface area contributed by atoms with Crippen LogP contribution < -0.4 is 0 Å². The maximum Gasteiger partial charge on any atom is 0.145 e. The molecule has 0 saturated heterocycles. The van der Waals surface area contributed by atoms with E-state index in [9.17, 15) is 0 Å². The van der Waals surface area contributed by atoms with E-state index in [-0.39, 0.29) is 0 Å². The van der Waals surface area contributed by atoms with E-state index in [1.165, 1.54) is 142 Å². The average molecular weight is 1290 g/mol. The van der Waals surface area contributed by atoms with E-state index < -0.39 is 0 Å². The Morgan fingerprint density at radius 3 is 1.04 bits per heavy atom. The molecule has 0 unspecified atom stereocenters. The smallest absolute Gasteiger partial charge is 0.145 e. The van der Waals surface area contributed by atoms with Gasteiger partial charge in [0.15, 0.2) is 0 Å². The second kappa shape index (κ2) is 23.2. The lowest BCUT2D eigenvalue weighted by atomic mass is 9.85. The number of benzene rings is 15. The van der Waals surface area contributed by atoms with Crippen LogP contribution in [0.15, 0.2) is 328 Å². The van der Waals surface area contributed by atoms with E-state index in [4.69, 9.17) is 15.0 Å². The van der Waals surface area contributed by atoms with Crippen molar-refractivity contribution in [1.29, 1.82) is 0 Å². The van der Waals surface area contributed by atoms with Gasteiger partial charge in [0.25, 0.3) is 0 Å². The second-order valence-electron chi connectivity index (χ2n) is 26.2. The fraction of sp³-hybridized carbons (Fsp3) is 0.0323. The molecule has 474 valence electrons. The van der Waals surface area contributed by atoms with Crippen LogP contribution in [0.5, 0.6) is 0 Å². The van der Waals surface area contributed by atoms with Gasteiger partial charge >= 0.3 is 0 Å². The molecule has 0 atom stereocenters. The van der Waals surface area contributed by atoms with Crippen LogP contribution in [-0.4, -0.2) is 37.5 Å². The average Bonchev–Trinajstić information content (AvgIpc) is 1.67. The van der Waals surface area contributed by atoms with Gasteiger partial charge in [-0.25, -0.2) is 19.9 Å². The number of nitrogens with zero attached hydrogens (tertiary/aromatic N) is 8. The maximum atomic E-state index is 5.30. The quantitative estimate of drug-likeness (QED) is 0.156. The Balaban J connectivity index is 0.000000103. The number of hydrogen-bond donors (Lipinski definition) is 0. The molecule has 0 radical (unpaired) electrons. The third-order valence-corrected chi connectivity index (χ3v) is 20.6. The maximum absolute atomic E-state index is 5.30. The van der Waals surface area contributed by atoms with E-state index >= 15 is 0 Å². The van der Waals surface area contributed by atoms with Crippen molar-refractivity contribution in [1.82, 2.24) is 37.5 Å².